The van der Waals surface area contributed by atoms with Crippen LogP contribution in [0.15, 0.2) is 0 Å². The lowest BCUT2D eigenvalue weighted by atomic mass is 10.4. The van der Waals surface area contributed by atoms with Crippen LogP contribution >= 0.6 is 0 Å². The molecule has 1 rings (SSSR count). The zero-order valence-corrected chi connectivity index (χ0v) is 8.80. The molecule has 0 aromatic heterocycles. The summed E-state index contributed by atoms with van der Waals surface area (Å²) >= 11 is 0. The lowest BCUT2D eigenvalue weighted by Crippen LogP contribution is -2.39. The van der Waals surface area contributed by atoms with E-state index >= 15 is 0 Å². The fraction of sp³-hybridized carbons (Fsp3) is 1.00. The third kappa shape index (κ3) is 4.63. The Morgan fingerprint density at radius 2 is 1.88 bits per heavy atom. The molecule has 0 atom stereocenters. The molecule has 0 saturated carbocycles. The monoisotopic (exact) mass is 245 g/mol. The zero-order chi connectivity index (χ0) is 12.0. The number of hydrogen-bond acceptors (Lipinski definition) is 3. The van der Waals surface area contributed by atoms with Crippen LogP contribution in [0.25, 0.3) is 0 Å². The maximum Gasteiger partial charge on any atom is 0.330 e. The number of ether oxygens (including phenoxy) is 2. The highest BCUT2D eigenvalue weighted by Gasteiger charge is 2.40. The van der Waals surface area contributed by atoms with Crippen molar-refractivity contribution in [2.24, 2.45) is 0 Å². The molecular weight excluding hydrogens is 230 g/mol. The van der Waals surface area contributed by atoms with Crippen LogP contribution in [-0.4, -0.2) is 63.3 Å². The molecule has 1 aliphatic heterocycles. The number of hydrogen-bond donors (Lipinski definition) is 0. The minimum Gasteiger partial charge on any atom is -0.379 e. The van der Waals surface area contributed by atoms with Crippen LogP contribution in [0.3, 0.4) is 0 Å². The van der Waals surface area contributed by atoms with Crippen molar-refractivity contribution in [3.63, 3.8) is 0 Å². The van der Waals surface area contributed by atoms with Gasteiger partial charge in [0.15, 0.2) is 0 Å². The number of halogens is 4. The third-order valence-electron chi connectivity index (χ3n) is 2.27. The number of morpholine rings is 1. The Bertz CT molecular complexity index is 198. The van der Waals surface area contributed by atoms with Crippen molar-refractivity contribution in [3.8, 4) is 0 Å². The molecule has 0 unspecified atom stereocenters. The number of nitrogens with zero attached hydrogens (tertiary/aromatic N) is 1. The van der Waals surface area contributed by atoms with Crippen LogP contribution in [0.5, 0.6) is 0 Å². The van der Waals surface area contributed by atoms with Crippen molar-refractivity contribution < 1.29 is 27.0 Å². The summed E-state index contributed by atoms with van der Waals surface area (Å²) in [5, 5.41) is 0. The van der Waals surface area contributed by atoms with Gasteiger partial charge >= 0.3 is 12.3 Å². The van der Waals surface area contributed by atoms with Crippen molar-refractivity contribution in [2.45, 2.75) is 12.3 Å². The largest absolute Gasteiger partial charge is 0.379 e. The molecule has 0 aromatic rings. The van der Waals surface area contributed by atoms with Gasteiger partial charge in [0.05, 0.1) is 19.8 Å². The third-order valence-corrected chi connectivity index (χ3v) is 2.27. The molecule has 0 radical (unpaired) electrons. The van der Waals surface area contributed by atoms with Crippen LogP contribution < -0.4 is 0 Å². The first-order valence-corrected chi connectivity index (χ1v) is 5.06. The van der Waals surface area contributed by atoms with E-state index in [-0.39, 0.29) is 6.61 Å². The van der Waals surface area contributed by atoms with Crippen molar-refractivity contribution >= 4 is 0 Å². The highest BCUT2D eigenvalue weighted by atomic mass is 19.3. The summed E-state index contributed by atoms with van der Waals surface area (Å²) in [5.74, 6) is -4.05. The van der Waals surface area contributed by atoms with E-state index in [1.807, 2.05) is 4.90 Å². The molecule has 0 bridgehead atoms. The highest BCUT2D eigenvalue weighted by Crippen LogP contribution is 2.22. The Labute approximate surface area is 91.3 Å². The molecular formula is C9H15F4NO2. The van der Waals surface area contributed by atoms with E-state index in [0.717, 1.165) is 0 Å². The molecule has 1 aliphatic rings. The van der Waals surface area contributed by atoms with Gasteiger partial charge in [-0.1, -0.05) is 0 Å². The van der Waals surface area contributed by atoms with Crippen molar-refractivity contribution in [1.29, 1.82) is 0 Å². The first-order valence-electron chi connectivity index (χ1n) is 5.06. The Hall–Kier alpha value is -0.400. The van der Waals surface area contributed by atoms with Gasteiger partial charge in [-0.3, -0.25) is 4.90 Å². The van der Waals surface area contributed by atoms with Gasteiger partial charge in [-0.15, -0.1) is 0 Å². The van der Waals surface area contributed by atoms with Gasteiger partial charge in [-0.2, -0.15) is 8.78 Å². The summed E-state index contributed by atoms with van der Waals surface area (Å²) < 4.78 is 57.9. The molecule has 3 nitrogen and oxygen atoms in total. The van der Waals surface area contributed by atoms with Crippen LogP contribution in [0.2, 0.25) is 0 Å². The predicted octanol–water partition coefficient (Wildman–Crippen LogP) is 1.24. The van der Waals surface area contributed by atoms with E-state index in [9.17, 15) is 17.6 Å². The Morgan fingerprint density at radius 1 is 1.25 bits per heavy atom. The van der Waals surface area contributed by atoms with Crippen LogP contribution in [-0.2, 0) is 9.47 Å². The van der Waals surface area contributed by atoms with E-state index in [1.165, 1.54) is 0 Å². The quantitative estimate of drug-likeness (QED) is 0.519. The fourth-order valence-electron chi connectivity index (χ4n) is 1.29. The summed E-state index contributed by atoms with van der Waals surface area (Å²) in [6, 6.07) is 0. The lowest BCUT2D eigenvalue weighted by Gasteiger charge is -2.26. The Morgan fingerprint density at radius 3 is 2.44 bits per heavy atom. The SMILES string of the molecule is FC(F)C(F)(F)COCCN1CCOCC1. The molecule has 0 N–H and O–H groups in total. The summed E-state index contributed by atoms with van der Waals surface area (Å²) in [6.07, 6.45) is -3.67. The highest BCUT2D eigenvalue weighted by molar-refractivity contribution is 4.68. The van der Waals surface area contributed by atoms with E-state index in [2.05, 4.69) is 4.74 Å². The van der Waals surface area contributed by atoms with Crippen molar-refractivity contribution in [3.05, 3.63) is 0 Å². The molecule has 0 amide bonds. The molecule has 96 valence electrons. The fourth-order valence-corrected chi connectivity index (χ4v) is 1.29. The van der Waals surface area contributed by atoms with Crippen molar-refractivity contribution in [1.82, 2.24) is 4.90 Å². The smallest absolute Gasteiger partial charge is 0.330 e. The number of rotatable bonds is 6. The standard InChI is InChI=1S/C9H15F4NO2/c10-8(11)9(12,13)7-16-6-3-14-1-4-15-5-2-14/h8H,1-7H2. The topological polar surface area (TPSA) is 21.7 Å². The minimum absolute atomic E-state index is 0.0301. The Kier molecular flexibility index (Phi) is 5.43. The van der Waals surface area contributed by atoms with E-state index in [0.29, 0.717) is 32.8 Å². The van der Waals surface area contributed by atoms with Crippen LogP contribution in [0.4, 0.5) is 17.6 Å². The predicted molar refractivity (Wildman–Crippen MR) is 49.0 cm³/mol. The van der Waals surface area contributed by atoms with Gasteiger partial charge in [0.2, 0.25) is 0 Å². The summed E-state index contributed by atoms with van der Waals surface area (Å²) in [6.45, 7) is 1.91. The molecule has 1 heterocycles. The molecule has 0 aromatic carbocycles. The molecule has 16 heavy (non-hydrogen) atoms. The second kappa shape index (κ2) is 6.36. The van der Waals surface area contributed by atoms with Crippen molar-refractivity contribution in [2.75, 3.05) is 46.1 Å². The first-order chi connectivity index (χ1) is 7.52. The molecule has 7 heteroatoms. The molecule has 0 aliphatic carbocycles. The Balaban J connectivity index is 2.06. The van der Waals surface area contributed by atoms with Gasteiger partial charge in [-0.25, -0.2) is 8.78 Å². The van der Waals surface area contributed by atoms with Gasteiger partial charge in [0, 0.05) is 19.6 Å². The van der Waals surface area contributed by atoms with Gasteiger partial charge in [-0.05, 0) is 0 Å². The maximum absolute atomic E-state index is 12.4. The van der Waals surface area contributed by atoms with Crippen LogP contribution in [0, 0.1) is 0 Å². The molecule has 1 saturated heterocycles. The summed E-state index contributed by atoms with van der Waals surface area (Å²) in [4.78, 5) is 1.98. The van der Waals surface area contributed by atoms with Gasteiger partial charge < -0.3 is 9.47 Å². The summed E-state index contributed by atoms with van der Waals surface area (Å²) in [5.41, 5.74) is 0. The zero-order valence-electron chi connectivity index (χ0n) is 8.80. The van der Waals surface area contributed by atoms with E-state index < -0.39 is 19.0 Å². The first kappa shape index (κ1) is 13.7. The number of alkyl halides is 4. The minimum atomic E-state index is -4.05. The van der Waals surface area contributed by atoms with Crippen LogP contribution in [0.1, 0.15) is 0 Å². The van der Waals surface area contributed by atoms with Gasteiger partial charge in [0.25, 0.3) is 0 Å². The second-order valence-corrected chi connectivity index (χ2v) is 3.57. The van der Waals surface area contributed by atoms with Gasteiger partial charge in [0.1, 0.15) is 6.61 Å². The molecule has 1 fully saturated rings. The van der Waals surface area contributed by atoms with E-state index in [4.69, 9.17) is 4.74 Å². The van der Waals surface area contributed by atoms with E-state index in [1.54, 1.807) is 0 Å². The molecule has 0 spiro atoms. The normalized spacial score (nSPS) is 19.3. The lowest BCUT2D eigenvalue weighted by molar-refractivity contribution is -0.166. The second-order valence-electron chi connectivity index (χ2n) is 3.57. The maximum atomic E-state index is 12.4. The summed E-state index contributed by atoms with van der Waals surface area (Å²) in [7, 11) is 0. The average molecular weight is 245 g/mol. The average Bonchev–Trinajstić information content (AvgIpc) is 2.26.